The van der Waals surface area contributed by atoms with Crippen molar-refractivity contribution >= 4 is 5.97 Å². The summed E-state index contributed by atoms with van der Waals surface area (Å²) in [6.07, 6.45) is 12.6. The number of ether oxygens (including phenoxy) is 1. The average molecular weight is 279 g/mol. The van der Waals surface area contributed by atoms with Gasteiger partial charge in [0.2, 0.25) is 0 Å². The summed E-state index contributed by atoms with van der Waals surface area (Å²) in [5, 5.41) is 0. The Labute approximate surface area is 123 Å². The molecule has 1 N–H and O–H groups in total. The Hall–Kier alpha value is -1.25. The van der Waals surface area contributed by atoms with E-state index in [-0.39, 0.29) is 5.97 Å². The first-order valence-electron chi connectivity index (χ1n) is 8.08. The lowest BCUT2D eigenvalue weighted by molar-refractivity contribution is -0.142. The molecular weight excluding hydrogens is 250 g/mol. The molecule has 0 aliphatic carbocycles. The minimum absolute atomic E-state index is 0.143. The number of esters is 1. The fourth-order valence-corrected chi connectivity index (χ4v) is 2.46. The van der Waals surface area contributed by atoms with Crippen molar-refractivity contribution in [2.24, 2.45) is 0 Å². The van der Waals surface area contributed by atoms with Gasteiger partial charge in [0.05, 0.1) is 13.0 Å². The highest BCUT2D eigenvalue weighted by molar-refractivity contribution is 5.72. The third-order valence-corrected chi connectivity index (χ3v) is 3.61. The molecule has 0 unspecified atom stereocenters. The molecule has 0 fully saturated rings. The zero-order chi connectivity index (χ0) is 14.6. The molecule has 0 spiro atoms. The van der Waals surface area contributed by atoms with Crippen molar-refractivity contribution in [3.05, 3.63) is 23.5 Å². The number of nitrogens with one attached hydrogen (secondary N) is 1. The monoisotopic (exact) mass is 279 g/mol. The smallest absolute Gasteiger partial charge is 0.311 e. The normalized spacial score (nSPS) is 10.7. The van der Waals surface area contributed by atoms with Crippen molar-refractivity contribution in [1.29, 1.82) is 0 Å². The van der Waals surface area contributed by atoms with Crippen LogP contribution in [-0.4, -0.2) is 17.6 Å². The molecule has 0 aliphatic heterocycles. The molecule has 0 aliphatic rings. The second kappa shape index (κ2) is 10.5. The van der Waals surface area contributed by atoms with E-state index < -0.39 is 0 Å². The van der Waals surface area contributed by atoms with Gasteiger partial charge in [-0.2, -0.15) is 0 Å². The minimum Gasteiger partial charge on any atom is -0.466 e. The molecule has 0 bridgehead atoms. The zero-order valence-corrected chi connectivity index (χ0v) is 13.0. The van der Waals surface area contributed by atoms with Crippen LogP contribution < -0.4 is 0 Å². The van der Waals surface area contributed by atoms with Crippen LogP contribution in [0.2, 0.25) is 0 Å². The molecule has 0 radical (unpaired) electrons. The van der Waals surface area contributed by atoms with Crippen molar-refractivity contribution in [2.45, 2.75) is 71.6 Å². The van der Waals surface area contributed by atoms with Gasteiger partial charge in [0.15, 0.2) is 0 Å². The lowest BCUT2D eigenvalue weighted by Gasteiger charge is -2.05. The fourth-order valence-electron chi connectivity index (χ4n) is 2.46. The number of hydrogen-bond acceptors (Lipinski definition) is 2. The van der Waals surface area contributed by atoms with Crippen molar-refractivity contribution in [3.63, 3.8) is 0 Å². The predicted octanol–water partition coefficient (Wildman–Crippen LogP) is 4.41. The summed E-state index contributed by atoms with van der Waals surface area (Å²) in [6.45, 7) is 4.54. The largest absolute Gasteiger partial charge is 0.466 e. The van der Waals surface area contributed by atoms with Crippen LogP contribution in [0.15, 0.2) is 12.3 Å². The topological polar surface area (TPSA) is 42.1 Å². The second-order valence-electron chi connectivity index (χ2n) is 5.33. The standard InChI is InChI=1S/C17H29NO2/c1-3-5-6-7-8-9-10-11-15-12-13-18-16(15)14-17(19)20-4-2/h12-13,18H,3-11,14H2,1-2H3. The number of carbonyl (C=O) groups excluding carboxylic acids is 1. The van der Waals surface area contributed by atoms with Gasteiger partial charge in [0.25, 0.3) is 0 Å². The molecule has 1 aromatic rings. The third kappa shape index (κ3) is 6.78. The Balaban J connectivity index is 2.20. The zero-order valence-electron chi connectivity index (χ0n) is 13.0. The van der Waals surface area contributed by atoms with E-state index in [2.05, 4.69) is 18.0 Å². The van der Waals surface area contributed by atoms with E-state index in [1.807, 2.05) is 13.1 Å². The number of unbranched alkanes of at least 4 members (excludes halogenated alkanes) is 6. The van der Waals surface area contributed by atoms with Crippen molar-refractivity contribution in [2.75, 3.05) is 6.61 Å². The number of rotatable bonds is 11. The Morgan fingerprint density at radius 2 is 1.80 bits per heavy atom. The number of aromatic nitrogens is 1. The quantitative estimate of drug-likeness (QED) is 0.481. The van der Waals surface area contributed by atoms with Crippen molar-refractivity contribution in [3.8, 4) is 0 Å². The van der Waals surface area contributed by atoms with Crippen LogP contribution in [0.4, 0.5) is 0 Å². The molecule has 0 saturated carbocycles. The molecule has 114 valence electrons. The lowest BCUT2D eigenvalue weighted by atomic mass is 10.0. The number of aryl methyl sites for hydroxylation is 1. The Morgan fingerprint density at radius 1 is 1.10 bits per heavy atom. The summed E-state index contributed by atoms with van der Waals surface area (Å²) in [4.78, 5) is 14.7. The molecule has 0 amide bonds. The summed E-state index contributed by atoms with van der Waals surface area (Å²) in [5.74, 6) is -0.143. The van der Waals surface area contributed by atoms with Crippen molar-refractivity contribution < 1.29 is 9.53 Å². The summed E-state index contributed by atoms with van der Waals surface area (Å²) in [6, 6.07) is 2.09. The summed E-state index contributed by atoms with van der Waals surface area (Å²) in [5.41, 5.74) is 2.29. The highest BCUT2D eigenvalue weighted by atomic mass is 16.5. The van der Waals surface area contributed by atoms with E-state index in [4.69, 9.17) is 4.74 Å². The molecule has 3 nitrogen and oxygen atoms in total. The van der Waals surface area contributed by atoms with Crippen LogP contribution in [0.3, 0.4) is 0 Å². The highest BCUT2D eigenvalue weighted by Crippen LogP contribution is 2.14. The van der Waals surface area contributed by atoms with Crippen LogP contribution in [0.25, 0.3) is 0 Å². The maximum atomic E-state index is 11.5. The number of carbonyl (C=O) groups is 1. The van der Waals surface area contributed by atoms with Gasteiger partial charge in [-0.25, -0.2) is 0 Å². The number of H-pyrrole nitrogens is 1. The van der Waals surface area contributed by atoms with E-state index in [0.29, 0.717) is 13.0 Å². The Kier molecular flexibility index (Phi) is 8.84. The van der Waals surface area contributed by atoms with Gasteiger partial charge in [-0.15, -0.1) is 0 Å². The molecule has 0 atom stereocenters. The molecular formula is C17H29NO2. The van der Waals surface area contributed by atoms with Gasteiger partial charge in [0, 0.05) is 11.9 Å². The van der Waals surface area contributed by atoms with Crippen LogP contribution in [-0.2, 0) is 22.4 Å². The molecule has 1 rings (SSSR count). The van der Waals surface area contributed by atoms with Crippen LogP contribution >= 0.6 is 0 Å². The lowest BCUT2D eigenvalue weighted by Crippen LogP contribution is -2.09. The maximum absolute atomic E-state index is 11.5. The number of hydrogen-bond donors (Lipinski definition) is 1. The molecule has 3 heteroatoms. The SMILES string of the molecule is CCCCCCCCCc1cc[nH]c1CC(=O)OCC. The van der Waals surface area contributed by atoms with E-state index in [1.54, 1.807) is 0 Å². The Bertz CT molecular complexity index is 371. The second-order valence-corrected chi connectivity index (χ2v) is 5.33. The molecule has 0 saturated heterocycles. The van der Waals surface area contributed by atoms with E-state index >= 15 is 0 Å². The van der Waals surface area contributed by atoms with E-state index in [1.165, 1.54) is 50.5 Å². The predicted molar refractivity (Wildman–Crippen MR) is 82.8 cm³/mol. The van der Waals surface area contributed by atoms with Gasteiger partial charge in [-0.1, -0.05) is 45.4 Å². The van der Waals surface area contributed by atoms with E-state index in [9.17, 15) is 4.79 Å². The van der Waals surface area contributed by atoms with E-state index in [0.717, 1.165) is 12.1 Å². The summed E-state index contributed by atoms with van der Waals surface area (Å²) in [7, 11) is 0. The van der Waals surface area contributed by atoms with Crippen LogP contribution in [0.1, 0.15) is 70.1 Å². The number of aromatic amines is 1. The van der Waals surface area contributed by atoms with Gasteiger partial charge in [0.1, 0.15) is 0 Å². The Morgan fingerprint density at radius 3 is 2.50 bits per heavy atom. The maximum Gasteiger partial charge on any atom is 0.311 e. The first-order valence-corrected chi connectivity index (χ1v) is 8.08. The molecule has 20 heavy (non-hydrogen) atoms. The van der Waals surface area contributed by atoms with Gasteiger partial charge >= 0.3 is 5.97 Å². The summed E-state index contributed by atoms with van der Waals surface area (Å²) >= 11 is 0. The first-order chi connectivity index (χ1) is 9.77. The van der Waals surface area contributed by atoms with Crippen molar-refractivity contribution in [1.82, 2.24) is 4.98 Å². The van der Waals surface area contributed by atoms with Gasteiger partial charge in [-0.3, -0.25) is 4.79 Å². The summed E-state index contributed by atoms with van der Waals surface area (Å²) < 4.78 is 4.99. The van der Waals surface area contributed by atoms with Crippen LogP contribution in [0, 0.1) is 0 Å². The van der Waals surface area contributed by atoms with Gasteiger partial charge < -0.3 is 9.72 Å². The third-order valence-electron chi connectivity index (χ3n) is 3.61. The minimum atomic E-state index is -0.143. The van der Waals surface area contributed by atoms with Gasteiger partial charge in [-0.05, 0) is 31.4 Å². The first kappa shape index (κ1) is 16.8. The highest BCUT2D eigenvalue weighted by Gasteiger charge is 2.09. The average Bonchev–Trinajstić information content (AvgIpc) is 2.85. The van der Waals surface area contributed by atoms with Crippen LogP contribution in [0.5, 0.6) is 0 Å². The molecule has 0 aromatic carbocycles. The fraction of sp³-hybridized carbons (Fsp3) is 0.706. The molecule has 1 aromatic heterocycles. The molecule has 1 heterocycles.